The summed E-state index contributed by atoms with van der Waals surface area (Å²) in [6, 6.07) is 14.5. The van der Waals surface area contributed by atoms with Crippen molar-refractivity contribution in [1.29, 1.82) is 0 Å². The lowest BCUT2D eigenvalue weighted by molar-refractivity contribution is 0.482. The standard InChI is InChI=1S/C22H21N5O3/c23-15-2-1-3-16-19(15)21(28)20-17(30-16)12-18(22(24)26-20)29-14-6-4-13(5-7-14)27-10-8-25-9-11-27/h1-7,12,25H,8-11,23H2,(H2,24,26). The molecule has 0 bridgehead atoms. The maximum Gasteiger partial charge on any atom is 0.221 e. The number of nitrogens with one attached hydrogen (secondary N) is 1. The Kier molecular flexibility index (Phi) is 4.40. The third kappa shape index (κ3) is 3.17. The Morgan fingerprint density at radius 1 is 1.03 bits per heavy atom. The maximum atomic E-state index is 12.8. The summed E-state index contributed by atoms with van der Waals surface area (Å²) in [7, 11) is 0. The van der Waals surface area contributed by atoms with E-state index in [-0.39, 0.29) is 16.8 Å². The largest absolute Gasteiger partial charge is 0.454 e. The van der Waals surface area contributed by atoms with Gasteiger partial charge < -0.3 is 30.8 Å². The average Bonchev–Trinajstić information content (AvgIpc) is 2.76. The number of nitrogens with zero attached hydrogens (tertiary/aromatic N) is 2. The lowest BCUT2D eigenvalue weighted by atomic mass is 10.1. The highest BCUT2D eigenvalue weighted by atomic mass is 16.5. The van der Waals surface area contributed by atoms with Gasteiger partial charge >= 0.3 is 0 Å². The van der Waals surface area contributed by atoms with Crippen molar-refractivity contribution in [1.82, 2.24) is 10.3 Å². The maximum absolute atomic E-state index is 12.8. The fourth-order valence-corrected chi connectivity index (χ4v) is 3.70. The van der Waals surface area contributed by atoms with Crippen molar-refractivity contribution in [2.45, 2.75) is 0 Å². The highest BCUT2D eigenvalue weighted by molar-refractivity contribution is 5.95. The van der Waals surface area contributed by atoms with Crippen LogP contribution in [0.1, 0.15) is 0 Å². The molecule has 0 saturated carbocycles. The van der Waals surface area contributed by atoms with Gasteiger partial charge in [-0.1, -0.05) is 6.07 Å². The number of hydrogen-bond donors (Lipinski definition) is 3. The lowest BCUT2D eigenvalue weighted by Gasteiger charge is -2.29. The number of fused-ring (bicyclic) bond motifs is 2. The molecule has 0 radical (unpaired) electrons. The van der Waals surface area contributed by atoms with E-state index in [0.29, 0.717) is 33.7 Å². The van der Waals surface area contributed by atoms with Gasteiger partial charge in [-0.15, -0.1) is 0 Å². The Balaban J connectivity index is 1.49. The van der Waals surface area contributed by atoms with E-state index in [4.69, 9.17) is 20.6 Å². The highest BCUT2D eigenvalue weighted by Gasteiger charge is 2.16. The van der Waals surface area contributed by atoms with Crippen molar-refractivity contribution in [3.8, 4) is 11.5 Å². The zero-order chi connectivity index (χ0) is 20.7. The van der Waals surface area contributed by atoms with E-state index in [9.17, 15) is 4.79 Å². The molecule has 4 aromatic rings. The first-order valence-electron chi connectivity index (χ1n) is 9.75. The monoisotopic (exact) mass is 403 g/mol. The smallest absolute Gasteiger partial charge is 0.221 e. The van der Waals surface area contributed by atoms with Gasteiger partial charge in [0, 0.05) is 43.6 Å². The van der Waals surface area contributed by atoms with E-state index in [0.717, 1.165) is 31.9 Å². The van der Waals surface area contributed by atoms with Gasteiger partial charge in [0.25, 0.3) is 0 Å². The third-order valence-electron chi connectivity index (χ3n) is 5.25. The number of nitrogen functional groups attached to an aromatic ring is 2. The number of pyridine rings is 1. The zero-order valence-electron chi connectivity index (χ0n) is 16.2. The Morgan fingerprint density at radius 2 is 1.80 bits per heavy atom. The summed E-state index contributed by atoms with van der Waals surface area (Å²) in [5.74, 6) is 1.05. The predicted octanol–water partition coefficient (Wildman–Crippen LogP) is 2.71. The molecule has 3 heterocycles. The summed E-state index contributed by atoms with van der Waals surface area (Å²) in [6.45, 7) is 3.89. The van der Waals surface area contributed by atoms with Gasteiger partial charge in [0.1, 0.15) is 11.3 Å². The second kappa shape index (κ2) is 7.23. The molecule has 2 aromatic heterocycles. The first kappa shape index (κ1) is 18.3. The summed E-state index contributed by atoms with van der Waals surface area (Å²) in [4.78, 5) is 19.4. The summed E-state index contributed by atoms with van der Waals surface area (Å²) in [5.41, 5.74) is 14.0. The van der Waals surface area contributed by atoms with Crippen LogP contribution in [0.5, 0.6) is 11.5 Å². The molecule has 0 amide bonds. The molecule has 0 aliphatic carbocycles. The molecular formula is C22H21N5O3. The van der Waals surface area contributed by atoms with Gasteiger partial charge in [0.15, 0.2) is 22.7 Å². The van der Waals surface area contributed by atoms with Crippen LogP contribution in [0.2, 0.25) is 0 Å². The molecule has 8 heteroatoms. The van der Waals surface area contributed by atoms with Crippen molar-refractivity contribution in [2.75, 3.05) is 42.5 Å². The molecule has 0 atom stereocenters. The van der Waals surface area contributed by atoms with Crippen molar-refractivity contribution in [3.63, 3.8) is 0 Å². The quantitative estimate of drug-likeness (QED) is 0.353. The number of ether oxygens (including phenoxy) is 1. The molecule has 152 valence electrons. The van der Waals surface area contributed by atoms with Gasteiger partial charge in [-0.05, 0) is 36.4 Å². The number of hydrogen-bond acceptors (Lipinski definition) is 8. The van der Waals surface area contributed by atoms with Gasteiger partial charge in [-0.2, -0.15) is 0 Å². The number of anilines is 3. The van der Waals surface area contributed by atoms with E-state index < -0.39 is 0 Å². The Labute approximate surface area is 172 Å². The number of nitrogens with two attached hydrogens (primary N) is 2. The van der Waals surface area contributed by atoms with Gasteiger partial charge in [-0.25, -0.2) is 4.98 Å². The van der Waals surface area contributed by atoms with E-state index in [1.807, 2.05) is 24.3 Å². The minimum absolute atomic E-state index is 0.106. The topological polar surface area (TPSA) is 120 Å². The molecule has 0 unspecified atom stereocenters. The van der Waals surface area contributed by atoms with Gasteiger partial charge in [0.05, 0.1) is 5.39 Å². The van der Waals surface area contributed by atoms with E-state index in [2.05, 4.69) is 15.2 Å². The molecular weight excluding hydrogens is 382 g/mol. The van der Waals surface area contributed by atoms with E-state index >= 15 is 0 Å². The molecule has 2 aromatic carbocycles. The molecule has 1 aliphatic heterocycles. The summed E-state index contributed by atoms with van der Waals surface area (Å²) in [5, 5.41) is 3.64. The van der Waals surface area contributed by atoms with Crippen LogP contribution in [-0.2, 0) is 0 Å². The van der Waals surface area contributed by atoms with Gasteiger partial charge in [0.2, 0.25) is 5.43 Å². The minimum Gasteiger partial charge on any atom is -0.454 e. The molecule has 5 rings (SSSR count). The first-order valence-corrected chi connectivity index (χ1v) is 9.75. The normalized spacial score (nSPS) is 14.3. The van der Waals surface area contributed by atoms with E-state index in [1.54, 1.807) is 24.3 Å². The highest BCUT2D eigenvalue weighted by Crippen LogP contribution is 2.31. The Morgan fingerprint density at radius 3 is 2.57 bits per heavy atom. The van der Waals surface area contributed by atoms with Crippen LogP contribution in [0.4, 0.5) is 17.2 Å². The lowest BCUT2D eigenvalue weighted by Crippen LogP contribution is -2.43. The molecule has 30 heavy (non-hydrogen) atoms. The fraction of sp³-hybridized carbons (Fsp3) is 0.182. The van der Waals surface area contributed by atoms with Crippen LogP contribution >= 0.6 is 0 Å². The van der Waals surface area contributed by atoms with Crippen molar-refractivity contribution >= 4 is 39.3 Å². The molecule has 1 fully saturated rings. The molecule has 5 N–H and O–H groups in total. The van der Waals surface area contributed by atoms with Crippen LogP contribution in [0.15, 0.2) is 57.7 Å². The number of piperazine rings is 1. The van der Waals surface area contributed by atoms with Crippen molar-refractivity contribution in [2.24, 2.45) is 0 Å². The molecule has 8 nitrogen and oxygen atoms in total. The summed E-state index contributed by atoms with van der Waals surface area (Å²) in [6.07, 6.45) is 0. The summed E-state index contributed by atoms with van der Waals surface area (Å²) >= 11 is 0. The van der Waals surface area contributed by atoms with Crippen LogP contribution in [0.25, 0.3) is 22.1 Å². The van der Waals surface area contributed by atoms with Crippen molar-refractivity contribution in [3.05, 3.63) is 58.8 Å². The summed E-state index contributed by atoms with van der Waals surface area (Å²) < 4.78 is 11.8. The first-order chi connectivity index (χ1) is 14.6. The second-order valence-electron chi connectivity index (χ2n) is 7.20. The Hall–Kier alpha value is -3.78. The van der Waals surface area contributed by atoms with Crippen molar-refractivity contribution < 1.29 is 9.15 Å². The van der Waals surface area contributed by atoms with E-state index in [1.165, 1.54) is 0 Å². The van der Waals surface area contributed by atoms with Crippen LogP contribution in [-0.4, -0.2) is 31.2 Å². The van der Waals surface area contributed by atoms with Crippen LogP contribution < -0.4 is 31.8 Å². The number of benzene rings is 2. The number of aromatic nitrogens is 1. The fourth-order valence-electron chi connectivity index (χ4n) is 3.70. The second-order valence-corrected chi connectivity index (χ2v) is 7.20. The Bertz CT molecular complexity index is 1290. The van der Waals surface area contributed by atoms with Crippen LogP contribution in [0.3, 0.4) is 0 Å². The van der Waals surface area contributed by atoms with Crippen LogP contribution in [0, 0.1) is 0 Å². The molecule has 1 aliphatic rings. The SMILES string of the molecule is Nc1nc2c(=O)c3c(N)cccc3oc2cc1Oc1ccc(N2CCNCC2)cc1. The molecule has 0 spiro atoms. The predicted molar refractivity (Wildman–Crippen MR) is 118 cm³/mol. The zero-order valence-corrected chi connectivity index (χ0v) is 16.2. The minimum atomic E-state index is -0.317. The average molecular weight is 403 g/mol. The van der Waals surface area contributed by atoms with Gasteiger partial charge in [-0.3, -0.25) is 4.79 Å². The third-order valence-corrected chi connectivity index (χ3v) is 5.25. The molecule has 1 saturated heterocycles. The number of rotatable bonds is 3.